The highest BCUT2D eigenvalue weighted by Crippen LogP contribution is 2.38. The molecule has 1 aliphatic carbocycles. The van der Waals surface area contributed by atoms with Crippen LogP contribution in [0.15, 0.2) is 18.2 Å². The minimum atomic E-state index is -0.894. The number of urea groups is 1. The van der Waals surface area contributed by atoms with Gasteiger partial charge in [0.05, 0.1) is 6.54 Å². The van der Waals surface area contributed by atoms with Crippen molar-refractivity contribution in [3.63, 3.8) is 0 Å². The Morgan fingerprint density at radius 3 is 2.52 bits per heavy atom. The monoisotopic (exact) mass is 400 g/mol. The average Bonchev–Trinajstić information content (AvgIpc) is 2.90. The van der Waals surface area contributed by atoms with Crippen LogP contribution in [-0.2, 0) is 14.4 Å². The van der Waals surface area contributed by atoms with Crippen LogP contribution in [0.25, 0.3) is 0 Å². The van der Waals surface area contributed by atoms with E-state index < -0.39 is 24.0 Å². The third-order valence-electron chi connectivity index (χ3n) is 5.99. The van der Waals surface area contributed by atoms with E-state index in [1.165, 1.54) is 0 Å². The molecule has 2 fully saturated rings. The minimum absolute atomic E-state index is 0.0314. The van der Waals surface area contributed by atoms with E-state index >= 15 is 0 Å². The van der Waals surface area contributed by atoms with Gasteiger partial charge in [-0.1, -0.05) is 38.0 Å². The highest BCUT2D eigenvalue weighted by atomic mass is 16.2. The summed E-state index contributed by atoms with van der Waals surface area (Å²) in [4.78, 5) is 50.6. The molecule has 1 aromatic rings. The van der Waals surface area contributed by atoms with Gasteiger partial charge in [0.15, 0.2) is 0 Å². The highest BCUT2D eigenvalue weighted by Gasteiger charge is 2.55. The van der Waals surface area contributed by atoms with Crippen LogP contribution in [-0.4, -0.2) is 47.3 Å². The number of para-hydroxylation sites is 1. The van der Waals surface area contributed by atoms with Gasteiger partial charge >= 0.3 is 6.03 Å². The maximum Gasteiger partial charge on any atom is 0.325 e. The van der Waals surface area contributed by atoms with Crippen LogP contribution in [0.1, 0.15) is 43.7 Å². The third-order valence-corrected chi connectivity index (χ3v) is 5.99. The average molecular weight is 400 g/mol. The quantitative estimate of drug-likeness (QED) is 0.656. The Labute approximate surface area is 170 Å². The van der Waals surface area contributed by atoms with E-state index in [1.54, 1.807) is 0 Å². The molecule has 0 unspecified atom stereocenters. The number of imide groups is 1. The summed E-state index contributed by atoms with van der Waals surface area (Å²) < 4.78 is 0. The fourth-order valence-corrected chi connectivity index (χ4v) is 4.21. The van der Waals surface area contributed by atoms with Crippen molar-refractivity contribution in [3.05, 3.63) is 29.3 Å². The lowest BCUT2D eigenvalue weighted by molar-refractivity contribution is -0.137. The van der Waals surface area contributed by atoms with Gasteiger partial charge in [-0.15, -0.1) is 0 Å². The van der Waals surface area contributed by atoms with Crippen LogP contribution in [0, 0.1) is 19.8 Å². The molecule has 1 spiro atoms. The standard InChI is InChI=1S/C21H28N4O4/c1-13-7-6-8-14(2)18(13)23-16(26)11-22-17(27)12-25-19(28)21(24-20(25)29)10-5-4-9-15(21)3/h6-8,15H,4-5,9-12H2,1-3H3,(H,22,27)(H,23,26)(H,24,29)/t15-,21-/m1/s1. The molecule has 2 aliphatic rings. The van der Waals surface area contributed by atoms with E-state index in [4.69, 9.17) is 0 Å². The number of nitrogens with one attached hydrogen (secondary N) is 3. The molecule has 3 rings (SSSR count). The zero-order valence-corrected chi connectivity index (χ0v) is 17.1. The van der Waals surface area contributed by atoms with Gasteiger partial charge in [0.1, 0.15) is 12.1 Å². The summed E-state index contributed by atoms with van der Waals surface area (Å²) in [7, 11) is 0. The van der Waals surface area contributed by atoms with Gasteiger partial charge in [0.25, 0.3) is 5.91 Å². The van der Waals surface area contributed by atoms with Crippen molar-refractivity contribution in [2.24, 2.45) is 5.92 Å². The van der Waals surface area contributed by atoms with E-state index in [0.29, 0.717) is 12.1 Å². The number of carbonyl (C=O) groups is 4. The van der Waals surface area contributed by atoms with Crippen LogP contribution >= 0.6 is 0 Å². The second-order valence-corrected chi connectivity index (χ2v) is 8.03. The first-order chi connectivity index (χ1) is 13.7. The Bertz CT molecular complexity index is 833. The molecule has 29 heavy (non-hydrogen) atoms. The van der Waals surface area contributed by atoms with Gasteiger partial charge in [-0.3, -0.25) is 19.3 Å². The second-order valence-electron chi connectivity index (χ2n) is 8.03. The van der Waals surface area contributed by atoms with Crippen molar-refractivity contribution in [2.45, 2.75) is 52.0 Å². The van der Waals surface area contributed by atoms with Crippen molar-refractivity contribution in [1.29, 1.82) is 0 Å². The van der Waals surface area contributed by atoms with Crippen molar-refractivity contribution in [1.82, 2.24) is 15.5 Å². The van der Waals surface area contributed by atoms with Gasteiger partial charge in [-0.2, -0.15) is 0 Å². The van der Waals surface area contributed by atoms with E-state index in [-0.39, 0.29) is 24.3 Å². The predicted molar refractivity (Wildman–Crippen MR) is 108 cm³/mol. The molecule has 8 heteroatoms. The molecular weight excluding hydrogens is 372 g/mol. The summed E-state index contributed by atoms with van der Waals surface area (Å²) in [5.74, 6) is -1.23. The molecule has 3 N–H and O–H groups in total. The normalized spacial score (nSPS) is 23.8. The zero-order chi connectivity index (χ0) is 21.2. The molecule has 8 nitrogen and oxygen atoms in total. The molecule has 1 saturated heterocycles. The third kappa shape index (κ3) is 4.11. The molecule has 2 atom stereocenters. The number of hydrogen-bond acceptors (Lipinski definition) is 4. The molecule has 1 saturated carbocycles. The Kier molecular flexibility index (Phi) is 5.91. The van der Waals surface area contributed by atoms with Crippen LogP contribution in [0.5, 0.6) is 0 Å². The number of nitrogens with zero attached hydrogens (tertiary/aromatic N) is 1. The number of hydrogen-bond donors (Lipinski definition) is 3. The molecule has 1 aromatic carbocycles. The largest absolute Gasteiger partial charge is 0.345 e. The summed E-state index contributed by atoms with van der Waals surface area (Å²) in [5.41, 5.74) is 1.68. The molecule has 1 aliphatic heterocycles. The van der Waals surface area contributed by atoms with E-state index in [2.05, 4.69) is 16.0 Å². The number of amides is 5. The van der Waals surface area contributed by atoms with Crippen molar-refractivity contribution in [3.8, 4) is 0 Å². The van der Waals surface area contributed by atoms with Gasteiger partial charge in [0, 0.05) is 5.69 Å². The van der Waals surface area contributed by atoms with Gasteiger partial charge < -0.3 is 16.0 Å². The van der Waals surface area contributed by atoms with Crippen molar-refractivity contribution < 1.29 is 19.2 Å². The number of aryl methyl sites for hydroxylation is 2. The first-order valence-electron chi connectivity index (χ1n) is 10.0. The predicted octanol–water partition coefficient (Wildman–Crippen LogP) is 1.86. The smallest absolute Gasteiger partial charge is 0.325 e. The fourth-order valence-electron chi connectivity index (χ4n) is 4.21. The van der Waals surface area contributed by atoms with Crippen molar-refractivity contribution >= 4 is 29.4 Å². The molecule has 1 heterocycles. The highest BCUT2D eigenvalue weighted by molar-refractivity contribution is 6.09. The molecule has 5 amide bonds. The lowest BCUT2D eigenvalue weighted by atomic mass is 9.73. The molecule has 0 radical (unpaired) electrons. The first-order valence-corrected chi connectivity index (χ1v) is 10.0. The summed E-state index contributed by atoms with van der Waals surface area (Å²) in [6.07, 6.45) is 3.36. The summed E-state index contributed by atoms with van der Waals surface area (Å²) in [5, 5.41) is 8.08. The van der Waals surface area contributed by atoms with Crippen LogP contribution in [0.3, 0.4) is 0 Å². The van der Waals surface area contributed by atoms with E-state index in [0.717, 1.165) is 35.3 Å². The molecular formula is C21H28N4O4. The number of benzene rings is 1. The second kappa shape index (κ2) is 8.23. The van der Waals surface area contributed by atoms with Gasteiger partial charge in [-0.05, 0) is 43.7 Å². The number of carbonyl (C=O) groups excluding carboxylic acids is 4. The summed E-state index contributed by atoms with van der Waals surface area (Å²) >= 11 is 0. The Morgan fingerprint density at radius 1 is 1.17 bits per heavy atom. The number of anilines is 1. The molecule has 0 bridgehead atoms. The van der Waals surface area contributed by atoms with Gasteiger partial charge in [0.2, 0.25) is 11.8 Å². The first kappa shape index (κ1) is 20.8. The molecule has 156 valence electrons. The van der Waals surface area contributed by atoms with Crippen LogP contribution < -0.4 is 16.0 Å². The minimum Gasteiger partial charge on any atom is -0.345 e. The Hall–Kier alpha value is -2.90. The van der Waals surface area contributed by atoms with Crippen LogP contribution in [0.2, 0.25) is 0 Å². The fraction of sp³-hybridized carbons (Fsp3) is 0.524. The van der Waals surface area contributed by atoms with Crippen LogP contribution in [0.4, 0.5) is 10.5 Å². The lowest BCUT2D eigenvalue weighted by Crippen LogP contribution is -2.54. The Balaban J connectivity index is 1.55. The molecule has 0 aromatic heterocycles. The lowest BCUT2D eigenvalue weighted by Gasteiger charge is -2.36. The van der Waals surface area contributed by atoms with E-state index in [1.807, 2.05) is 39.0 Å². The van der Waals surface area contributed by atoms with Gasteiger partial charge in [-0.25, -0.2) is 4.79 Å². The number of rotatable bonds is 5. The topological polar surface area (TPSA) is 108 Å². The SMILES string of the molecule is Cc1cccc(C)c1NC(=O)CNC(=O)CN1C(=O)N[C@@]2(CCCC[C@H]2C)C1=O. The maximum atomic E-state index is 12.9. The van der Waals surface area contributed by atoms with Crippen molar-refractivity contribution in [2.75, 3.05) is 18.4 Å². The Morgan fingerprint density at radius 2 is 1.86 bits per heavy atom. The zero-order valence-electron chi connectivity index (χ0n) is 17.1. The van der Waals surface area contributed by atoms with E-state index in [9.17, 15) is 19.2 Å². The maximum absolute atomic E-state index is 12.9. The summed E-state index contributed by atoms with van der Waals surface area (Å²) in [6.45, 7) is 5.11. The summed E-state index contributed by atoms with van der Waals surface area (Å²) in [6, 6.07) is 5.14.